The molecule has 0 amide bonds. The van der Waals surface area contributed by atoms with Gasteiger partial charge in [0.05, 0.1) is 33.0 Å². The van der Waals surface area contributed by atoms with Crippen molar-refractivity contribution in [1.29, 1.82) is 5.26 Å². The van der Waals surface area contributed by atoms with E-state index in [-0.39, 0.29) is 0 Å². The summed E-state index contributed by atoms with van der Waals surface area (Å²) in [5.41, 5.74) is 2.74. The molecule has 1 unspecified atom stereocenters. The number of nitrogens with zero attached hydrogens (tertiary/aromatic N) is 2. The lowest BCUT2D eigenvalue weighted by molar-refractivity contribution is 0.675. The molecular weight excluding hydrogens is 268 g/mol. The fourth-order valence-electron chi connectivity index (χ4n) is 2.47. The van der Waals surface area contributed by atoms with Gasteiger partial charge in [0.15, 0.2) is 0 Å². The second-order valence-corrected chi connectivity index (χ2v) is 6.25. The van der Waals surface area contributed by atoms with Crippen molar-refractivity contribution in [3.63, 3.8) is 0 Å². The van der Waals surface area contributed by atoms with Crippen molar-refractivity contribution < 1.29 is 4.21 Å². The van der Waals surface area contributed by atoms with Gasteiger partial charge in [0.1, 0.15) is 0 Å². The van der Waals surface area contributed by atoms with Gasteiger partial charge in [-0.1, -0.05) is 30.3 Å². The normalized spacial score (nSPS) is 17.4. The summed E-state index contributed by atoms with van der Waals surface area (Å²) < 4.78 is 12.0. The molecule has 3 nitrogen and oxygen atoms in total. The summed E-state index contributed by atoms with van der Waals surface area (Å²) >= 11 is 0. The standard InChI is InChI=1S/C16H14N2OS/c17-11-13-5-1-2-6-14(13)12-18-9-10-20(19)16-8-4-3-7-15(16)18/h1-8H,9-10,12H2. The van der Waals surface area contributed by atoms with E-state index in [4.69, 9.17) is 5.26 Å². The topological polar surface area (TPSA) is 44.1 Å². The molecule has 0 saturated carbocycles. The fraction of sp³-hybridized carbons (Fsp3) is 0.188. The Kier molecular flexibility index (Phi) is 3.53. The molecule has 0 aliphatic carbocycles. The largest absolute Gasteiger partial charge is 0.365 e. The van der Waals surface area contributed by atoms with Crippen LogP contribution in [0.1, 0.15) is 11.1 Å². The number of hydrogen-bond donors (Lipinski definition) is 0. The number of nitriles is 1. The molecule has 0 radical (unpaired) electrons. The number of benzene rings is 2. The maximum Gasteiger partial charge on any atom is 0.0995 e. The monoisotopic (exact) mass is 282 g/mol. The van der Waals surface area contributed by atoms with Crippen molar-refractivity contribution >= 4 is 16.5 Å². The van der Waals surface area contributed by atoms with Crippen molar-refractivity contribution in [2.24, 2.45) is 0 Å². The van der Waals surface area contributed by atoms with Crippen LogP contribution in [-0.2, 0) is 17.3 Å². The van der Waals surface area contributed by atoms with E-state index in [1.165, 1.54) is 0 Å². The summed E-state index contributed by atoms with van der Waals surface area (Å²) in [6.45, 7) is 1.43. The maximum absolute atomic E-state index is 12.0. The molecule has 0 spiro atoms. The zero-order valence-corrected chi connectivity index (χ0v) is 11.8. The second kappa shape index (κ2) is 5.48. The maximum atomic E-state index is 12.0. The SMILES string of the molecule is N#Cc1ccccc1CN1CCS(=O)c2ccccc21. The molecule has 1 atom stereocenters. The van der Waals surface area contributed by atoms with Gasteiger partial charge in [-0.15, -0.1) is 0 Å². The van der Waals surface area contributed by atoms with Gasteiger partial charge in [0, 0.05) is 18.8 Å². The highest BCUT2D eigenvalue weighted by molar-refractivity contribution is 7.85. The molecule has 0 N–H and O–H groups in total. The Morgan fingerprint density at radius 2 is 1.90 bits per heavy atom. The van der Waals surface area contributed by atoms with Crippen LogP contribution in [-0.4, -0.2) is 16.5 Å². The molecule has 4 heteroatoms. The summed E-state index contributed by atoms with van der Waals surface area (Å²) in [4.78, 5) is 3.10. The minimum atomic E-state index is -0.908. The van der Waals surface area contributed by atoms with Crippen LogP contribution in [0.25, 0.3) is 0 Å². The first-order valence-corrected chi connectivity index (χ1v) is 7.82. The van der Waals surface area contributed by atoms with E-state index < -0.39 is 10.8 Å². The third-order valence-electron chi connectivity index (χ3n) is 3.50. The quantitative estimate of drug-likeness (QED) is 0.850. The average molecular weight is 282 g/mol. The zero-order valence-electron chi connectivity index (χ0n) is 11.0. The minimum Gasteiger partial charge on any atom is -0.365 e. The number of fused-ring (bicyclic) bond motifs is 1. The second-order valence-electron chi connectivity index (χ2n) is 4.71. The highest BCUT2D eigenvalue weighted by Gasteiger charge is 2.22. The Labute approximate surface area is 120 Å². The van der Waals surface area contributed by atoms with Crippen LogP contribution in [0.15, 0.2) is 53.4 Å². The van der Waals surface area contributed by atoms with Gasteiger partial charge < -0.3 is 4.90 Å². The van der Waals surface area contributed by atoms with E-state index in [1.807, 2.05) is 48.5 Å². The summed E-state index contributed by atoms with van der Waals surface area (Å²) in [5.74, 6) is 0.645. The Balaban J connectivity index is 1.95. The molecule has 3 rings (SSSR count). The van der Waals surface area contributed by atoms with E-state index in [0.717, 1.165) is 22.7 Å². The third-order valence-corrected chi connectivity index (χ3v) is 4.89. The predicted molar refractivity (Wildman–Crippen MR) is 79.9 cm³/mol. The molecule has 100 valence electrons. The molecule has 2 aromatic carbocycles. The molecule has 0 saturated heterocycles. The molecule has 0 bridgehead atoms. The van der Waals surface area contributed by atoms with Crippen LogP contribution in [0.3, 0.4) is 0 Å². The fourth-order valence-corrected chi connectivity index (χ4v) is 3.74. The molecule has 2 aromatic rings. The number of hydrogen-bond acceptors (Lipinski definition) is 3. The first kappa shape index (κ1) is 12.9. The molecule has 1 heterocycles. The smallest absolute Gasteiger partial charge is 0.0995 e. The molecule has 0 aromatic heterocycles. The van der Waals surface area contributed by atoms with Crippen molar-refractivity contribution in [3.05, 3.63) is 59.7 Å². The van der Waals surface area contributed by atoms with Crippen LogP contribution >= 0.6 is 0 Å². The van der Waals surface area contributed by atoms with Crippen molar-refractivity contribution in [3.8, 4) is 6.07 Å². The van der Waals surface area contributed by atoms with E-state index in [0.29, 0.717) is 17.9 Å². The van der Waals surface area contributed by atoms with Gasteiger partial charge >= 0.3 is 0 Å². The van der Waals surface area contributed by atoms with Crippen LogP contribution in [0.2, 0.25) is 0 Å². The van der Waals surface area contributed by atoms with Crippen molar-refractivity contribution in [1.82, 2.24) is 0 Å². The van der Waals surface area contributed by atoms with E-state index in [2.05, 4.69) is 11.0 Å². The van der Waals surface area contributed by atoms with E-state index in [1.54, 1.807) is 0 Å². The Morgan fingerprint density at radius 1 is 1.15 bits per heavy atom. The first-order valence-electron chi connectivity index (χ1n) is 6.50. The Bertz CT molecular complexity index is 706. The molecule has 0 fully saturated rings. The summed E-state index contributed by atoms with van der Waals surface area (Å²) in [5, 5.41) is 9.17. The zero-order chi connectivity index (χ0) is 13.9. The van der Waals surface area contributed by atoms with Gasteiger partial charge in [0.25, 0.3) is 0 Å². The van der Waals surface area contributed by atoms with Crippen molar-refractivity contribution in [2.75, 3.05) is 17.2 Å². The lowest BCUT2D eigenvalue weighted by atomic mass is 10.1. The van der Waals surface area contributed by atoms with Gasteiger partial charge in [-0.05, 0) is 23.8 Å². The summed E-state index contributed by atoms with van der Waals surface area (Å²) in [6.07, 6.45) is 0. The van der Waals surface area contributed by atoms with E-state index in [9.17, 15) is 4.21 Å². The molecular formula is C16H14N2OS. The molecule has 1 aliphatic heterocycles. The highest BCUT2D eigenvalue weighted by atomic mass is 32.2. The highest BCUT2D eigenvalue weighted by Crippen LogP contribution is 2.29. The Morgan fingerprint density at radius 3 is 2.75 bits per heavy atom. The van der Waals surface area contributed by atoms with E-state index >= 15 is 0 Å². The van der Waals surface area contributed by atoms with Crippen LogP contribution in [0.5, 0.6) is 0 Å². The summed E-state index contributed by atoms with van der Waals surface area (Å²) in [6, 6.07) is 17.7. The van der Waals surface area contributed by atoms with Gasteiger partial charge in [0.2, 0.25) is 0 Å². The first-order chi connectivity index (χ1) is 9.79. The molecule has 20 heavy (non-hydrogen) atoms. The van der Waals surface area contributed by atoms with Gasteiger partial charge in [-0.25, -0.2) is 0 Å². The van der Waals surface area contributed by atoms with Gasteiger partial charge in [-0.3, -0.25) is 4.21 Å². The number of anilines is 1. The third kappa shape index (κ3) is 2.33. The lowest BCUT2D eigenvalue weighted by Crippen LogP contribution is -2.32. The van der Waals surface area contributed by atoms with Crippen LogP contribution in [0.4, 0.5) is 5.69 Å². The Hall–Kier alpha value is -2.12. The van der Waals surface area contributed by atoms with Crippen LogP contribution < -0.4 is 4.90 Å². The molecule has 1 aliphatic rings. The number of rotatable bonds is 2. The van der Waals surface area contributed by atoms with Crippen LogP contribution in [0, 0.1) is 11.3 Å². The minimum absolute atomic E-state index is 0.645. The number of para-hydroxylation sites is 1. The summed E-state index contributed by atoms with van der Waals surface area (Å²) in [7, 11) is -0.908. The van der Waals surface area contributed by atoms with Gasteiger partial charge in [-0.2, -0.15) is 5.26 Å². The predicted octanol–water partition coefficient (Wildman–Crippen LogP) is 2.69. The average Bonchev–Trinajstić information content (AvgIpc) is 2.51. The van der Waals surface area contributed by atoms with Crippen molar-refractivity contribution in [2.45, 2.75) is 11.4 Å². The lowest BCUT2D eigenvalue weighted by Gasteiger charge is -2.31.